The number of ether oxygens (including phenoxy) is 1. The van der Waals surface area contributed by atoms with Gasteiger partial charge in [0.15, 0.2) is 0 Å². The van der Waals surface area contributed by atoms with Crippen molar-refractivity contribution in [1.29, 1.82) is 0 Å². The fourth-order valence-electron chi connectivity index (χ4n) is 1.68. The molecule has 16 heavy (non-hydrogen) atoms. The van der Waals surface area contributed by atoms with Crippen LogP contribution in [0.4, 0.5) is 0 Å². The van der Waals surface area contributed by atoms with Gasteiger partial charge in [-0.2, -0.15) is 0 Å². The minimum atomic E-state index is 0.0393. The molecule has 0 spiro atoms. The van der Waals surface area contributed by atoms with E-state index in [-0.39, 0.29) is 12.5 Å². The molecule has 1 aliphatic carbocycles. The van der Waals surface area contributed by atoms with Gasteiger partial charge in [0, 0.05) is 17.5 Å². The van der Waals surface area contributed by atoms with Crippen molar-refractivity contribution in [3.63, 3.8) is 0 Å². The van der Waals surface area contributed by atoms with E-state index in [0.29, 0.717) is 11.6 Å². The molecule has 1 aromatic rings. The molecule has 88 valence electrons. The molecular weight excluding hydrogens is 224 g/mol. The first-order chi connectivity index (χ1) is 7.79. The molecule has 2 rings (SSSR count). The fourth-order valence-corrected chi connectivity index (χ4v) is 1.88. The predicted molar refractivity (Wildman–Crippen MR) is 64.8 cm³/mol. The molecule has 1 aliphatic rings. The lowest BCUT2D eigenvalue weighted by Gasteiger charge is -2.15. The minimum Gasteiger partial charge on any atom is -0.396 e. The number of hydrogen-bond donors (Lipinski definition) is 1. The minimum absolute atomic E-state index is 0.0393. The van der Waals surface area contributed by atoms with Crippen LogP contribution in [0.2, 0.25) is 5.02 Å². The maximum absolute atomic E-state index is 9.33. The highest BCUT2D eigenvalue weighted by Gasteiger charge is 2.22. The van der Waals surface area contributed by atoms with Gasteiger partial charge >= 0.3 is 0 Å². The quantitative estimate of drug-likeness (QED) is 0.829. The Balaban J connectivity index is 1.87. The van der Waals surface area contributed by atoms with E-state index in [4.69, 9.17) is 16.3 Å². The van der Waals surface area contributed by atoms with Crippen molar-refractivity contribution >= 4 is 11.6 Å². The van der Waals surface area contributed by atoms with E-state index in [1.165, 1.54) is 12.8 Å². The lowest BCUT2D eigenvalue weighted by molar-refractivity contribution is 0.0921. The number of hydrogen-bond acceptors (Lipinski definition) is 2. The van der Waals surface area contributed by atoms with Gasteiger partial charge in [0.2, 0.25) is 0 Å². The van der Waals surface area contributed by atoms with Gasteiger partial charge in [-0.1, -0.05) is 23.7 Å². The van der Waals surface area contributed by atoms with Crippen LogP contribution in [0, 0.1) is 5.92 Å². The maximum atomic E-state index is 9.33. The third kappa shape index (κ3) is 3.48. The Kier molecular flexibility index (Phi) is 4.22. The van der Waals surface area contributed by atoms with Crippen LogP contribution in [0.15, 0.2) is 24.3 Å². The fraction of sp³-hybridized carbons (Fsp3) is 0.538. The SMILES string of the molecule is OCC(COCC1CC1)c1cccc(Cl)c1. The third-order valence-electron chi connectivity index (χ3n) is 2.91. The molecule has 1 aromatic carbocycles. The molecule has 1 N–H and O–H groups in total. The summed E-state index contributed by atoms with van der Waals surface area (Å²) in [7, 11) is 0. The smallest absolute Gasteiger partial charge is 0.0556 e. The standard InChI is InChI=1S/C13H17ClO2/c14-13-3-1-2-11(6-13)12(7-15)9-16-8-10-4-5-10/h1-3,6,10,12,15H,4-5,7-9H2. The van der Waals surface area contributed by atoms with Crippen molar-refractivity contribution < 1.29 is 9.84 Å². The Morgan fingerprint density at radius 3 is 2.88 bits per heavy atom. The molecule has 0 saturated heterocycles. The van der Waals surface area contributed by atoms with Crippen molar-refractivity contribution in [2.45, 2.75) is 18.8 Å². The number of aliphatic hydroxyl groups is 1. The van der Waals surface area contributed by atoms with Crippen molar-refractivity contribution in [2.75, 3.05) is 19.8 Å². The van der Waals surface area contributed by atoms with Gasteiger partial charge in [0.05, 0.1) is 13.2 Å². The van der Waals surface area contributed by atoms with Crippen LogP contribution in [0.1, 0.15) is 24.3 Å². The lowest BCUT2D eigenvalue weighted by atomic mass is 10.0. The summed E-state index contributed by atoms with van der Waals surface area (Å²) in [6.45, 7) is 1.51. The van der Waals surface area contributed by atoms with Crippen LogP contribution in [0.25, 0.3) is 0 Å². The monoisotopic (exact) mass is 240 g/mol. The van der Waals surface area contributed by atoms with Crippen LogP contribution in [0.5, 0.6) is 0 Å². The topological polar surface area (TPSA) is 29.5 Å². The summed E-state index contributed by atoms with van der Waals surface area (Å²) in [5.41, 5.74) is 1.05. The molecule has 1 atom stereocenters. The van der Waals surface area contributed by atoms with Gasteiger partial charge in [-0.05, 0) is 36.5 Å². The summed E-state index contributed by atoms with van der Waals surface area (Å²) in [5, 5.41) is 10.0. The van der Waals surface area contributed by atoms with E-state index < -0.39 is 0 Å². The van der Waals surface area contributed by atoms with Gasteiger partial charge in [0.1, 0.15) is 0 Å². The van der Waals surface area contributed by atoms with Gasteiger partial charge in [0.25, 0.3) is 0 Å². The van der Waals surface area contributed by atoms with E-state index in [1.54, 1.807) is 0 Å². The molecule has 0 radical (unpaired) electrons. The van der Waals surface area contributed by atoms with Gasteiger partial charge in [-0.25, -0.2) is 0 Å². The van der Waals surface area contributed by atoms with E-state index in [9.17, 15) is 5.11 Å². The van der Waals surface area contributed by atoms with Crippen molar-refractivity contribution in [3.8, 4) is 0 Å². The van der Waals surface area contributed by atoms with Gasteiger partial charge in [-0.15, -0.1) is 0 Å². The number of aliphatic hydroxyl groups excluding tert-OH is 1. The third-order valence-corrected chi connectivity index (χ3v) is 3.15. The number of rotatable bonds is 6. The molecule has 0 heterocycles. The Hall–Kier alpha value is -0.570. The van der Waals surface area contributed by atoms with Crippen LogP contribution < -0.4 is 0 Å². The van der Waals surface area contributed by atoms with Crippen LogP contribution in [-0.2, 0) is 4.74 Å². The zero-order valence-electron chi connectivity index (χ0n) is 9.23. The van der Waals surface area contributed by atoms with E-state index in [0.717, 1.165) is 18.1 Å². The molecule has 1 saturated carbocycles. The molecule has 2 nitrogen and oxygen atoms in total. The van der Waals surface area contributed by atoms with Crippen LogP contribution in [0.3, 0.4) is 0 Å². The zero-order chi connectivity index (χ0) is 11.4. The van der Waals surface area contributed by atoms with Crippen molar-refractivity contribution in [1.82, 2.24) is 0 Å². The molecule has 0 bridgehead atoms. The average molecular weight is 241 g/mol. The van der Waals surface area contributed by atoms with Crippen molar-refractivity contribution in [3.05, 3.63) is 34.9 Å². The number of benzene rings is 1. The van der Waals surface area contributed by atoms with Gasteiger partial charge < -0.3 is 9.84 Å². The average Bonchev–Trinajstić information content (AvgIpc) is 3.08. The number of halogens is 1. The molecular formula is C13H17ClO2. The Morgan fingerprint density at radius 2 is 2.25 bits per heavy atom. The summed E-state index contributed by atoms with van der Waals surface area (Å²) >= 11 is 5.92. The summed E-state index contributed by atoms with van der Waals surface area (Å²) in [6, 6.07) is 7.61. The van der Waals surface area contributed by atoms with E-state index in [1.807, 2.05) is 24.3 Å². The van der Waals surface area contributed by atoms with E-state index >= 15 is 0 Å². The first kappa shape index (κ1) is 11.9. The molecule has 0 amide bonds. The zero-order valence-corrected chi connectivity index (χ0v) is 9.99. The Morgan fingerprint density at radius 1 is 1.44 bits per heavy atom. The Bertz CT molecular complexity index is 336. The first-order valence-electron chi connectivity index (χ1n) is 5.73. The maximum Gasteiger partial charge on any atom is 0.0556 e. The van der Waals surface area contributed by atoms with Crippen LogP contribution >= 0.6 is 11.6 Å². The second-order valence-corrected chi connectivity index (χ2v) is 4.85. The molecule has 0 aliphatic heterocycles. The summed E-state index contributed by atoms with van der Waals surface area (Å²) in [6.07, 6.45) is 2.59. The highest BCUT2D eigenvalue weighted by molar-refractivity contribution is 6.30. The molecule has 3 heteroatoms. The second-order valence-electron chi connectivity index (χ2n) is 4.42. The highest BCUT2D eigenvalue weighted by Crippen LogP contribution is 2.29. The Labute approximate surface area is 101 Å². The molecule has 1 fully saturated rings. The van der Waals surface area contributed by atoms with E-state index in [2.05, 4.69) is 0 Å². The van der Waals surface area contributed by atoms with Gasteiger partial charge in [-0.3, -0.25) is 0 Å². The lowest BCUT2D eigenvalue weighted by Crippen LogP contribution is -2.13. The second kappa shape index (κ2) is 5.67. The highest BCUT2D eigenvalue weighted by atomic mass is 35.5. The van der Waals surface area contributed by atoms with Crippen LogP contribution in [-0.4, -0.2) is 24.9 Å². The normalized spacial score (nSPS) is 17.4. The summed E-state index contributed by atoms with van der Waals surface area (Å²) in [4.78, 5) is 0. The summed E-state index contributed by atoms with van der Waals surface area (Å²) in [5.74, 6) is 0.802. The molecule has 0 aromatic heterocycles. The largest absolute Gasteiger partial charge is 0.396 e. The summed E-state index contributed by atoms with van der Waals surface area (Å²) < 4.78 is 5.60. The van der Waals surface area contributed by atoms with Crippen molar-refractivity contribution in [2.24, 2.45) is 5.92 Å². The first-order valence-corrected chi connectivity index (χ1v) is 6.11. The predicted octanol–water partition coefficient (Wildman–Crippen LogP) is 2.84. The molecule has 1 unspecified atom stereocenters.